The molecule has 0 aliphatic rings. The summed E-state index contributed by atoms with van der Waals surface area (Å²) in [5, 5.41) is 6.90. The van der Waals surface area contributed by atoms with Gasteiger partial charge in [0.2, 0.25) is 11.8 Å². The van der Waals surface area contributed by atoms with Crippen molar-refractivity contribution in [3.63, 3.8) is 0 Å². The Morgan fingerprint density at radius 2 is 2.00 bits per heavy atom. The van der Waals surface area contributed by atoms with E-state index in [1.807, 2.05) is 20.8 Å². The lowest BCUT2D eigenvalue weighted by atomic mass is 10.3. The minimum Gasteiger partial charge on any atom is -0.396 e. The highest BCUT2D eigenvalue weighted by Gasteiger charge is 2.18. The van der Waals surface area contributed by atoms with Gasteiger partial charge < -0.3 is 16.0 Å². The molecule has 7 heteroatoms. The van der Waals surface area contributed by atoms with Gasteiger partial charge in [-0.2, -0.15) is 5.10 Å². The Balaban J connectivity index is 2.72. The smallest absolute Gasteiger partial charge is 0.244 e. The molecule has 0 aromatic carbocycles. The first-order valence-electron chi connectivity index (χ1n) is 6.74. The summed E-state index contributed by atoms with van der Waals surface area (Å²) in [5.74, 6) is -0.306. The van der Waals surface area contributed by atoms with Crippen LogP contribution in [0.4, 0.5) is 5.69 Å². The lowest BCUT2D eigenvalue weighted by molar-refractivity contribution is -0.136. The van der Waals surface area contributed by atoms with Crippen LogP contribution in [-0.4, -0.2) is 46.1 Å². The summed E-state index contributed by atoms with van der Waals surface area (Å²) in [6, 6.07) is 0. The van der Waals surface area contributed by atoms with E-state index in [-0.39, 0.29) is 24.9 Å². The van der Waals surface area contributed by atoms with Crippen LogP contribution in [0.2, 0.25) is 0 Å². The summed E-state index contributed by atoms with van der Waals surface area (Å²) in [6.45, 7) is 8.50. The molecule has 0 atom stereocenters. The van der Waals surface area contributed by atoms with E-state index in [0.717, 1.165) is 5.69 Å². The molecule has 0 bridgehead atoms. The second kappa shape index (κ2) is 6.93. The quantitative estimate of drug-likeness (QED) is 0.771. The Bertz CT molecular complexity index is 495. The first-order valence-corrected chi connectivity index (χ1v) is 6.74. The molecule has 0 aliphatic carbocycles. The van der Waals surface area contributed by atoms with E-state index in [0.29, 0.717) is 24.5 Å². The summed E-state index contributed by atoms with van der Waals surface area (Å²) in [7, 11) is 0. The number of nitrogen functional groups attached to an aromatic ring is 1. The highest BCUT2D eigenvalue weighted by Crippen LogP contribution is 2.14. The van der Waals surface area contributed by atoms with Crippen molar-refractivity contribution in [1.29, 1.82) is 0 Å². The molecule has 7 nitrogen and oxygen atoms in total. The second-order valence-corrected chi connectivity index (χ2v) is 4.60. The number of carbonyl (C=O) groups excluding carboxylic acids is 2. The third-order valence-corrected chi connectivity index (χ3v) is 3.17. The van der Waals surface area contributed by atoms with Gasteiger partial charge in [0.1, 0.15) is 6.54 Å². The van der Waals surface area contributed by atoms with E-state index in [9.17, 15) is 9.59 Å². The fraction of sp³-hybridized carbons (Fsp3) is 0.615. The Morgan fingerprint density at radius 3 is 2.45 bits per heavy atom. The number of hydrogen-bond donors (Lipinski definition) is 2. The third kappa shape index (κ3) is 3.72. The number of rotatable bonds is 6. The predicted molar refractivity (Wildman–Crippen MR) is 77.1 cm³/mol. The lowest BCUT2D eigenvalue weighted by Gasteiger charge is -2.20. The number of likely N-dealkylation sites (N-methyl/N-ethyl adjacent to an activating group) is 2. The minimum atomic E-state index is -0.157. The molecule has 1 aromatic heterocycles. The van der Waals surface area contributed by atoms with Crippen molar-refractivity contribution < 1.29 is 9.59 Å². The molecule has 0 unspecified atom stereocenters. The molecule has 0 saturated carbocycles. The van der Waals surface area contributed by atoms with Crippen molar-refractivity contribution in [2.45, 2.75) is 34.2 Å². The first kappa shape index (κ1) is 16.0. The lowest BCUT2D eigenvalue weighted by Crippen LogP contribution is -2.42. The zero-order valence-corrected chi connectivity index (χ0v) is 12.6. The van der Waals surface area contributed by atoms with E-state index in [2.05, 4.69) is 10.4 Å². The molecule has 0 spiro atoms. The Labute approximate surface area is 119 Å². The fourth-order valence-electron chi connectivity index (χ4n) is 1.90. The molecule has 0 aliphatic heterocycles. The van der Waals surface area contributed by atoms with Crippen molar-refractivity contribution in [3.05, 3.63) is 11.4 Å². The van der Waals surface area contributed by atoms with E-state index in [1.165, 1.54) is 4.90 Å². The van der Waals surface area contributed by atoms with E-state index in [4.69, 9.17) is 5.73 Å². The number of carbonyl (C=O) groups is 2. The average molecular weight is 281 g/mol. The van der Waals surface area contributed by atoms with Crippen molar-refractivity contribution in [2.24, 2.45) is 0 Å². The normalized spacial score (nSPS) is 10.4. The fourth-order valence-corrected chi connectivity index (χ4v) is 1.90. The molecular formula is C13H23N5O2. The number of anilines is 1. The number of amides is 2. The zero-order chi connectivity index (χ0) is 15.3. The summed E-state index contributed by atoms with van der Waals surface area (Å²) >= 11 is 0. The van der Waals surface area contributed by atoms with Crippen molar-refractivity contribution in [1.82, 2.24) is 20.0 Å². The van der Waals surface area contributed by atoms with Gasteiger partial charge in [0.05, 0.1) is 23.6 Å². The highest BCUT2D eigenvalue weighted by molar-refractivity contribution is 5.84. The van der Waals surface area contributed by atoms with Gasteiger partial charge >= 0.3 is 0 Å². The molecule has 1 aromatic rings. The summed E-state index contributed by atoms with van der Waals surface area (Å²) in [4.78, 5) is 25.2. The van der Waals surface area contributed by atoms with Crippen LogP contribution in [0, 0.1) is 13.8 Å². The molecule has 1 rings (SSSR count). The minimum absolute atomic E-state index is 0.0674. The first-order chi connectivity index (χ1) is 9.40. The molecule has 112 valence electrons. The zero-order valence-electron chi connectivity index (χ0n) is 12.6. The van der Waals surface area contributed by atoms with Gasteiger partial charge in [-0.05, 0) is 27.7 Å². The third-order valence-electron chi connectivity index (χ3n) is 3.17. The number of nitrogens with one attached hydrogen (secondary N) is 1. The van der Waals surface area contributed by atoms with Crippen molar-refractivity contribution in [3.8, 4) is 0 Å². The number of aryl methyl sites for hydroxylation is 1. The molecule has 0 saturated heterocycles. The molecule has 0 fully saturated rings. The largest absolute Gasteiger partial charge is 0.396 e. The summed E-state index contributed by atoms with van der Waals surface area (Å²) in [6.07, 6.45) is 0. The maximum Gasteiger partial charge on any atom is 0.244 e. The molecular weight excluding hydrogens is 258 g/mol. The van der Waals surface area contributed by atoms with Crippen molar-refractivity contribution in [2.75, 3.05) is 25.4 Å². The van der Waals surface area contributed by atoms with Gasteiger partial charge in [0.15, 0.2) is 0 Å². The van der Waals surface area contributed by atoms with Crippen LogP contribution >= 0.6 is 0 Å². The average Bonchev–Trinajstić information content (AvgIpc) is 2.64. The molecule has 2 amide bonds. The van der Waals surface area contributed by atoms with Crippen molar-refractivity contribution >= 4 is 17.5 Å². The summed E-state index contributed by atoms with van der Waals surface area (Å²) < 4.78 is 1.58. The maximum absolute atomic E-state index is 12.2. The van der Waals surface area contributed by atoms with Crippen LogP contribution < -0.4 is 11.1 Å². The molecule has 3 N–H and O–H groups in total. The second-order valence-electron chi connectivity index (χ2n) is 4.60. The van der Waals surface area contributed by atoms with Gasteiger partial charge in [-0.25, -0.2) is 0 Å². The van der Waals surface area contributed by atoms with Crippen LogP contribution in [0.15, 0.2) is 0 Å². The van der Waals surface area contributed by atoms with Crippen LogP contribution in [0.25, 0.3) is 0 Å². The molecule has 20 heavy (non-hydrogen) atoms. The summed E-state index contributed by atoms with van der Waals surface area (Å²) in [5.41, 5.74) is 7.92. The predicted octanol–water partition coefficient (Wildman–Crippen LogP) is 0.0667. The van der Waals surface area contributed by atoms with Gasteiger partial charge in [-0.3, -0.25) is 14.3 Å². The van der Waals surface area contributed by atoms with Gasteiger partial charge in [0.25, 0.3) is 0 Å². The number of hydrogen-bond acceptors (Lipinski definition) is 4. The van der Waals surface area contributed by atoms with Crippen LogP contribution in [0.1, 0.15) is 25.2 Å². The topological polar surface area (TPSA) is 93.2 Å². The van der Waals surface area contributed by atoms with E-state index >= 15 is 0 Å². The highest BCUT2D eigenvalue weighted by atomic mass is 16.2. The van der Waals surface area contributed by atoms with E-state index in [1.54, 1.807) is 11.6 Å². The van der Waals surface area contributed by atoms with Gasteiger partial charge in [-0.15, -0.1) is 0 Å². The van der Waals surface area contributed by atoms with E-state index < -0.39 is 0 Å². The molecule has 1 heterocycles. The van der Waals surface area contributed by atoms with Crippen LogP contribution in [0.5, 0.6) is 0 Å². The monoisotopic (exact) mass is 281 g/mol. The SMILES string of the molecule is CCNC(=O)CN(CC)C(=O)Cn1nc(C)c(N)c1C. The molecule has 0 radical (unpaired) electrons. The van der Waals surface area contributed by atoms with Gasteiger partial charge in [-0.1, -0.05) is 0 Å². The van der Waals surface area contributed by atoms with Crippen LogP contribution in [0.3, 0.4) is 0 Å². The number of aromatic nitrogens is 2. The van der Waals surface area contributed by atoms with Gasteiger partial charge in [0, 0.05) is 13.1 Å². The Hall–Kier alpha value is -2.05. The van der Waals surface area contributed by atoms with Crippen LogP contribution in [-0.2, 0) is 16.1 Å². The Morgan fingerprint density at radius 1 is 1.35 bits per heavy atom. The standard InChI is InChI=1S/C13H23N5O2/c1-5-15-11(19)7-17(6-2)12(20)8-18-10(4)13(14)9(3)16-18/h5-8,14H2,1-4H3,(H,15,19). The number of nitrogens with two attached hydrogens (primary N) is 1. The number of nitrogens with zero attached hydrogens (tertiary/aromatic N) is 3. The Kier molecular flexibility index (Phi) is 5.54. The maximum atomic E-state index is 12.2.